The first-order chi connectivity index (χ1) is 12.6. The minimum atomic E-state index is -3.58. The highest BCUT2D eigenvalue weighted by Gasteiger charge is 2.18. The van der Waals surface area contributed by atoms with Gasteiger partial charge in [0.2, 0.25) is 10.0 Å². The standard InChI is InChI=1S/C17H13N3O2S4/c21-26(22,16-7-6-14(25-16)13-4-1-2-8-18-13)19-10-12-11-24-17(20-12)15-5-3-9-23-15/h1-9,11,19H,10H2. The van der Waals surface area contributed by atoms with E-state index in [0.29, 0.717) is 5.69 Å². The molecule has 26 heavy (non-hydrogen) atoms. The van der Waals surface area contributed by atoms with Gasteiger partial charge >= 0.3 is 0 Å². The van der Waals surface area contributed by atoms with Gasteiger partial charge in [0.1, 0.15) is 9.22 Å². The first kappa shape index (κ1) is 17.5. The number of hydrogen-bond acceptors (Lipinski definition) is 7. The molecule has 0 radical (unpaired) electrons. The van der Waals surface area contributed by atoms with Crippen LogP contribution in [-0.2, 0) is 16.6 Å². The van der Waals surface area contributed by atoms with E-state index in [2.05, 4.69) is 14.7 Å². The molecule has 4 heterocycles. The third-order valence-electron chi connectivity index (χ3n) is 3.49. The average Bonchev–Trinajstić information content (AvgIpc) is 3.42. The van der Waals surface area contributed by atoms with Crippen LogP contribution >= 0.6 is 34.0 Å². The van der Waals surface area contributed by atoms with Crippen molar-refractivity contribution >= 4 is 44.0 Å². The van der Waals surface area contributed by atoms with Crippen molar-refractivity contribution in [3.8, 4) is 20.5 Å². The molecule has 1 N–H and O–H groups in total. The molecule has 4 rings (SSSR count). The molecule has 4 aromatic rings. The number of pyridine rings is 1. The number of hydrogen-bond donors (Lipinski definition) is 1. The molecule has 0 saturated heterocycles. The molecule has 0 unspecified atom stereocenters. The van der Waals surface area contributed by atoms with Crippen LogP contribution in [0.1, 0.15) is 5.69 Å². The minimum absolute atomic E-state index is 0.168. The molecular formula is C17H13N3O2S4. The molecular weight excluding hydrogens is 406 g/mol. The molecule has 132 valence electrons. The predicted octanol–water partition coefficient (Wildman–Crippen LogP) is 4.47. The van der Waals surface area contributed by atoms with Gasteiger partial charge in [-0.05, 0) is 35.7 Å². The Hall–Kier alpha value is -1.91. The van der Waals surface area contributed by atoms with Crippen molar-refractivity contribution < 1.29 is 8.42 Å². The lowest BCUT2D eigenvalue weighted by Crippen LogP contribution is -2.22. The summed E-state index contributed by atoms with van der Waals surface area (Å²) >= 11 is 4.33. The van der Waals surface area contributed by atoms with Crippen LogP contribution in [0.25, 0.3) is 20.5 Å². The zero-order valence-electron chi connectivity index (χ0n) is 13.3. The summed E-state index contributed by atoms with van der Waals surface area (Å²) in [6, 6.07) is 12.9. The lowest BCUT2D eigenvalue weighted by Gasteiger charge is -2.02. The Morgan fingerprint density at radius 2 is 1.92 bits per heavy atom. The van der Waals surface area contributed by atoms with Gasteiger partial charge in [0.05, 0.1) is 27.7 Å². The molecule has 0 aliphatic heterocycles. The van der Waals surface area contributed by atoms with Gasteiger partial charge in [-0.1, -0.05) is 12.1 Å². The van der Waals surface area contributed by atoms with E-state index < -0.39 is 10.0 Å². The largest absolute Gasteiger partial charge is 0.255 e. The normalized spacial score (nSPS) is 11.7. The lowest BCUT2D eigenvalue weighted by molar-refractivity contribution is 0.583. The summed E-state index contributed by atoms with van der Waals surface area (Å²) in [5.41, 5.74) is 1.47. The SMILES string of the molecule is O=S(=O)(NCc1csc(-c2cccs2)n1)c1ccc(-c2ccccn2)s1. The number of nitrogens with zero attached hydrogens (tertiary/aromatic N) is 2. The molecule has 0 atom stereocenters. The van der Waals surface area contributed by atoms with Crippen molar-refractivity contribution in [2.75, 3.05) is 0 Å². The number of nitrogens with one attached hydrogen (secondary N) is 1. The fourth-order valence-corrected chi connectivity index (χ4v) is 6.21. The highest BCUT2D eigenvalue weighted by atomic mass is 32.2. The Kier molecular flexibility index (Phi) is 4.96. The monoisotopic (exact) mass is 419 g/mol. The Bertz CT molecular complexity index is 1100. The quantitative estimate of drug-likeness (QED) is 0.500. The molecule has 9 heteroatoms. The maximum Gasteiger partial charge on any atom is 0.250 e. The zero-order valence-corrected chi connectivity index (χ0v) is 16.6. The van der Waals surface area contributed by atoms with Gasteiger partial charge in [0.25, 0.3) is 0 Å². The molecule has 0 aromatic carbocycles. The topological polar surface area (TPSA) is 72.0 Å². The van der Waals surface area contributed by atoms with Crippen molar-refractivity contribution in [2.24, 2.45) is 0 Å². The Morgan fingerprint density at radius 3 is 2.69 bits per heavy atom. The Morgan fingerprint density at radius 1 is 1.00 bits per heavy atom. The van der Waals surface area contributed by atoms with Crippen LogP contribution in [-0.4, -0.2) is 18.4 Å². The average molecular weight is 420 g/mol. The summed E-state index contributed by atoms with van der Waals surface area (Å²) in [5, 5.41) is 4.78. The summed E-state index contributed by atoms with van der Waals surface area (Å²) in [5.74, 6) is 0. The molecule has 0 amide bonds. The summed E-state index contributed by atoms with van der Waals surface area (Å²) in [4.78, 5) is 10.7. The van der Waals surface area contributed by atoms with E-state index in [4.69, 9.17) is 0 Å². The second-order valence-corrected chi connectivity index (χ2v) is 10.2. The van der Waals surface area contributed by atoms with Gasteiger partial charge in [-0.2, -0.15) is 0 Å². The maximum absolute atomic E-state index is 12.5. The lowest BCUT2D eigenvalue weighted by atomic mass is 10.3. The van der Waals surface area contributed by atoms with Crippen molar-refractivity contribution in [3.05, 3.63) is 65.1 Å². The van der Waals surface area contributed by atoms with Gasteiger partial charge in [0, 0.05) is 11.6 Å². The number of rotatable bonds is 6. The van der Waals surface area contributed by atoms with E-state index in [9.17, 15) is 8.42 Å². The molecule has 5 nitrogen and oxygen atoms in total. The van der Waals surface area contributed by atoms with Gasteiger partial charge in [-0.3, -0.25) is 4.98 Å². The minimum Gasteiger partial charge on any atom is -0.255 e. The number of sulfonamides is 1. The highest BCUT2D eigenvalue weighted by Crippen LogP contribution is 2.30. The fraction of sp³-hybridized carbons (Fsp3) is 0.0588. The van der Waals surface area contributed by atoms with Gasteiger partial charge in [-0.15, -0.1) is 34.0 Å². The summed E-state index contributed by atoms with van der Waals surface area (Å²) in [6.45, 7) is 0.168. The van der Waals surface area contributed by atoms with Crippen molar-refractivity contribution in [1.29, 1.82) is 0 Å². The van der Waals surface area contributed by atoms with Crippen LogP contribution in [0, 0.1) is 0 Å². The van der Waals surface area contributed by atoms with E-state index in [1.54, 1.807) is 29.7 Å². The van der Waals surface area contributed by atoms with Crippen molar-refractivity contribution in [1.82, 2.24) is 14.7 Å². The van der Waals surface area contributed by atoms with Gasteiger partial charge < -0.3 is 0 Å². The first-order valence-electron chi connectivity index (χ1n) is 7.61. The smallest absolute Gasteiger partial charge is 0.250 e. The molecule has 4 aromatic heterocycles. The second kappa shape index (κ2) is 7.37. The van der Waals surface area contributed by atoms with Crippen LogP contribution < -0.4 is 4.72 Å². The molecule has 0 spiro atoms. The van der Waals surface area contributed by atoms with Crippen LogP contribution in [0.3, 0.4) is 0 Å². The van der Waals surface area contributed by atoms with Crippen molar-refractivity contribution in [2.45, 2.75) is 10.8 Å². The second-order valence-electron chi connectivity index (χ2n) is 5.28. The van der Waals surface area contributed by atoms with E-state index in [0.717, 1.165) is 20.5 Å². The Labute approximate surface area is 163 Å². The van der Waals surface area contributed by atoms with Crippen LogP contribution in [0.2, 0.25) is 0 Å². The molecule has 0 bridgehead atoms. The molecule has 0 aliphatic carbocycles. The van der Waals surface area contributed by atoms with E-state index in [-0.39, 0.29) is 10.8 Å². The zero-order chi connectivity index (χ0) is 18.0. The first-order valence-corrected chi connectivity index (χ1v) is 11.7. The predicted molar refractivity (Wildman–Crippen MR) is 107 cm³/mol. The van der Waals surface area contributed by atoms with Crippen LogP contribution in [0.15, 0.2) is 63.6 Å². The van der Waals surface area contributed by atoms with Crippen molar-refractivity contribution in [3.63, 3.8) is 0 Å². The number of thiophene rings is 2. The van der Waals surface area contributed by atoms with Gasteiger partial charge in [-0.25, -0.2) is 18.1 Å². The van der Waals surface area contributed by atoms with Crippen LogP contribution in [0.4, 0.5) is 0 Å². The third-order valence-corrected chi connectivity index (χ3v) is 8.42. The van der Waals surface area contributed by atoms with Gasteiger partial charge in [0.15, 0.2) is 0 Å². The summed E-state index contributed by atoms with van der Waals surface area (Å²) in [6.07, 6.45) is 1.69. The number of thiazole rings is 1. The maximum atomic E-state index is 12.5. The molecule has 0 aliphatic rings. The van der Waals surface area contributed by atoms with E-state index >= 15 is 0 Å². The van der Waals surface area contributed by atoms with E-state index in [1.807, 2.05) is 41.1 Å². The third kappa shape index (κ3) is 3.76. The van der Waals surface area contributed by atoms with E-state index in [1.165, 1.54) is 22.7 Å². The fourth-order valence-electron chi connectivity index (χ4n) is 2.25. The summed E-state index contributed by atoms with van der Waals surface area (Å²) in [7, 11) is -3.58. The molecule has 0 saturated carbocycles. The highest BCUT2D eigenvalue weighted by molar-refractivity contribution is 7.91. The summed E-state index contributed by atoms with van der Waals surface area (Å²) < 4.78 is 28.0. The number of aromatic nitrogens is 2. The van der Waals surface area contributed by atoms with Crippen LogP contribution in [0.5, 0.6) is 0 Å². The molecule has 0 fully saturated rings. The Balaban J connectivity index is 1.47.